The van der Waals surface area contributed by atoms with Crippen LogP contribution in [0.1, 0.15) is 38.0 Å². The van der Waals surface area contributed by atoms with E-state index in [-0.39, 0.29) is 6.10 Å². The monoisotopic (exact) mass is 415 g/mol. The molecule has 0 spiro atoms. The standard InChI is InChI=1S/C23H33N3O4/c1-6-24-23(25-14-18-10-11-19(28-4)13-22(18)29-5)26-15-21(27)17-8-7-9-20(12-17)30-16(2)3/h7-13,16,21,27H,6,14-15H2,1-5H3,(H2,24,25,26). The highest BCUT2D eigenvalue weighted by Crippen LogP contribution is 2.25. The predicted octanol–water partition coefficient (Wildman–Crippen LogP) is 3.28. The van der Waals surface area contributed by atoms with Gasteiger partial charge in [-0.05, 0) is 50.6 Å². The van der Waals surface area contributed by atoms with Gasteiger partial charge in [0.15, 0.2) is 5.96 Å². The first-order valence-corrected chi connectivity index (χ1v) is 10.1. The van der Waals surface area contributed by atoms with Crippen molar-refractivity contribution < 1.29 is 19.3 Å². The fraction of sp³-hybridized carbons (Fsp3) is 0.435. The Balaban J connectivity index is 2.03. The molecule has 164 valence electrons. The quantitative estimate of drug-likeness (QED) is 0.408. The average Bonchev–Trinajstić information content (AvgIpc) is 2.75. The summed E-state index contributed by atoms with van der Waals surface area (Å²) in [5.41, 5.74) is 1.72. The first-order chi connectivity index (χ1) is 14.5. The minimum absolute atomic E-state index is 0.0814. The molecule has 1 atom stereocenters. The predicted molar refractivity (Wildman–Crippen MR) is 120 cm³/mol. The summed E-state index contributed by atoms with van der Waals surface area (Å²) in [6.45, 7) is 7.39. The van der Waals surface area contributed by atoms with Gasteiger partial charge < -0.3 is 30.0 Å². The highest BCUT2D eigenvalue weighted by Gasteiger charge is 2.11. The van der Waals surface area contributed by atoms with E-state index in [4.69, 9.17) is 14.2 Å². The zero-order valence-corrected chi connectivity index (χ0v) is 18.4. The van der Waals surface area contributed by atoms with Crippen molar-refractivity contribution in [2.75, 3.05) is 27.3 Å². The van der Waals surface area contributed by atoms with E-state index in [1.54, 1.807) is 14.2 Å². The van der Waals surface area contributed by atoms with Gasteiger partial charge in [-0.3, -0.25) is 0 Å². The zero-order chi connectivity index (χ0) is 21.9. The van der Waals surface area contributed by atoms with E-state index >= 15 is 0 Å². The Hall–Kier alpha value is -2.93. The average molecular weight is 416 g/mol. The van der Waals surface area contributed by atoms with Crippen molar-refractivity contribution in [2.45, 2.75) is 39.5 Å². The molecule has 0 heterocycles. The van der Waals surface area contributed by atoms with Gasteiger partial charge in [0.2, 0.25) is 0 Å². The van der Waals surface area contributed by atoms with Gasteiger partial charge in [0.05, 0.1) is 33.0 Å². The molecule has 0 amide bonds. The molecule has 1 unspecified atom stereocenters. The van der Waals surface area contributed by atoms with Gasteiger partial charge in [0.1, 0.15) is 17.2 Å². The third-order valence-corrected chi connectivity index (χ3v) is 4.32. The molecule has 0 bridgehead atoms. The third kappa shape index (κ3) is 7.15. The van der Waals surface area contributed by atoms with E-state index in [9.17, 15) is 5.11 Å². The molecular weight excluding hydrogens is 382 g/mol. The first-order valence-electron chi connectivity index (χ1n) is 10.1. The Kier molecular flexibility index (Phi) is 9.28. The molecule has 0 saturated carbocycles. The van der Waals surface area contributed by atoms with Crippen molar-refractivity contribution in [3.05, 3.63) is 53.6 Å². The topological polar surface area (TPSA) is 84.3 Å². The van der Waals surface area contributed by atoms with Crippen LogP contribution in [-0.2, 0) is 6.54 Å². The Morgan fingerprint density at radius 3 is 2.50 bits per heavy atom. The second kappa shape index (κ2) is 11.9. The van der Waals surface area contributed by atoms with E-state index < -0.39 is 6.10 Å². The number of aliphatic hydroxyl groups excluding tert-OH is 1. The normalized spacial score (nSPS) is 12.4. The van der Waals surface area contributed by atoms with Crippen LogP contribution in [0.3, 0.4) is 0 Å². The molecule has 7 heteroatoms. The lowest BCUT2D eigenvalue weighted by Gasteiger charge is -2.17. The Bertz CT molecular complexity index is 824. The minimum Gasteiger partial charge on any atom is -0.497 e. The molecule has 0 aliphatic carbocycles. The van der Waals surface area contributed by atoms with Crippen LogP contribution in [-0.4, -0.2) is 44.5 Å². The zero-order valence-electron chi connectivity index (χ0n) is 18.4. The molecule has 0 aliphatic rings. The smallest absolute Gasteiger partial charge is 0.191 e. The first kappa shape index (κ1) is 23.3. The van der Waals surface area contributed by atoms with Crippen molar-refractivity contribution in [1.82, 2.24) is 10.6 Å². The van der Waals surface area contributed by atoms with Gasteiger partial charge in [-0.15, -0.1) is 0 Å². The molecule has 0 saturated heterocycles. The molecule has 2 rings (SSSR count). The molecule has 3 N–H and O–H groups in total. The summed E-state index contributed by atoms with van der Waals surface area (Å²) in [5, 5.41) is 17.0. The summed E-state index contributed by atoms with van der Waals surface area (Å²) in [5.74, 6) is 2.81. The second-order valence-corrected chi connectivity index (χ2v) is 7.01. The van der Waals surface area contributed by atoms with Crippen LogP contribution in [0.15, 0.2) is 47.5 Å². The maximum Gasteiger partial charge on any atom is 0.191 e. The molecule has 0 fully saturated rings. The summed E-state index contributed by atoms with van der Waals surface area (Å²) in [7, 11) is 3.24. The number of ether oxygens (including phenoxy) is 3. The highest BCUT2D eigenvalue weighted by molar-refractivity contribution is 5.79. The van der Waals surface area contributed by atoms with Crippen LogP contribution in [0.2, 0.25) is 0 Å². The van der Waals surface area contributed by atoms with Crippen molar-refractivity contribution in [3.8, 4) is 17.2 Å². The van der Waals surface area contributed by atoms with Gasteiger partial charge in [0, 0.05) is 24.7 Å². The fourth-order valence-corrected chi connectivity index (χ4v) is 2.87. The van der Waals surface area contributed by atoms with Crippen LogP contribution in [0.25, 0.3) is 0 Å². The summed E-state index contributed by atoms with van der Waals surface area (Å²) in [6.07, 6.45) is -0.613. The Labute approximate surface area is 179 Å². The van der Waals surface area contributed by atoms with Gasteiger partial charge in [-0.25, -0.2) is 4.99 Å². The molecular formula is C23H33N3O4. The molecule has 0 aliphatic heterocycles. The molecule has 2 aromatic carbocycles. The number of methoxy groups -OCH3 is 2. The van der Waals surface area contributed by atoms with Crippen LogP contribution in [0.5, 0.6) is 17.2 Å². The Morgan fingerprint density at radius 1 is 1.03 bits per heavy atom. The van der Waals surface area contributed by atoms with Crippen LogP contribution in [0, 0.1) is 0 Å². The van der Waals surface area contributed by atoms with E-state index in [1.807, 2.05) is 63.2 Å². The maximum atomic E-state index is 10.6. The molecule has 30 heavy (non-hydrogen) atoms. The second-order valence-electron chi connectivity index (χ2n) is 7.01. The third-order valence-electron chi connectivity index (χ3n) is 4.32. The molecule has 7 nitrogen and oxygen atoms in total. The lowest BCUT2D eigenvalue weighted by Crippen LogP contribution is -2.39. The number of hydrogen-bond acceptors (Lipinski definition) is 5. The van der Waals surface area contributed by atoms with Gasteiger partial charge in [-0.2, -0.15) is 0 Å². The number of nitrogens with zero attached hydrogens (tertiary/aromatic N) is 1. The summed E-state index contributed by atoms with van der Waals surface area (Å²) >= 11 is 0. The molecule has 0 radical (unpaired) electrons. The Morgan fingerprint density at radius 2 is 1.83 bits per heavy atom. The van der Waals surface area contributed by atoms with E-state index in [0.717, 1.165) is 28.4 Å². The number of hydrogen-bond donors (Lipinski definition) is 3. The van der Waals surface area contributed by atoms with Crippen molar-refractivity contribution >= 4 is 5.96 Å². The highest BCUT2D eigenvalue weighted by atomic mass is 16.5. The largest absolute Gasteiger partial charge is 0.497 e. The summed E-state index contributed by atoms with van der Waals surface area (Å²) in [6, 6.07) is 13.2. The lowest BCUT2D eigenvalue weighted by molar-refractivity contribution is 0.179. The number of nitrogens with one attached hydrogen (secondary N) is 2. The van der Waals surface area contributed by atoms with Gasteiger partial charge in [-0.1, -0.05) is 12.1 Å². The summed E-state index contributed by atoms with van der Waals surface area (Å²) < 4.78 is 16.4. The minimum atomic E-state index is -0.694. The van der Waals surface area contributed by atoms with Crippen molar-refractivity contribution in [3.63, 3.8) is 0 Å². The number of aliphatic imine (C=N–C) groups is 1. The van der Waals surface area contributed by atoms with Crippen LogP contribution >= 0.6 is 0 Å². The summed E-state index contributed by atoms with van der Waals surface area (Å²) in [4.78, 5) is 4.61. The van der Waals surface area contributed by atoms with Gasteiger partial charge >= 0.3 is 0 Å². The molecule has 2 aromatic rings. The van der Waals surface area contributed by atoms with E-state index in [2.05, 4.69) is 15.6 Å². The number of benzene rings is 2. The number of rotatable bonds is 10. The van der Waals surface area contributed by atoms with Gasteiger partial charge in [0.25, 0.3) is 0 Å². The lowest BCUT2D eigenvalue weighted by atomic mass is 10.1. The molecule has 0 aromatic heterocycles. The van der Waals surface area contributed by atoms with Crippen molar-refractivity contribution in [2.24, 2.45) is 4.99 Å². The van der Waals surface area contributed by atoms with Crippen LogP contribution < -0.4 is 24.8 Å². The fourth-order valence-electron chi connectivity index (χ4n) is 2.87. The number of aliphatic hydroxyl groups is 1. The van der Waals surface area contributed by atoms with E-state index in [1.165, 1.54) is 0 Å². The SMILES string of the molecule is CCNC(=NCc1ccc(OC)cc1OC)NCC(O)c1cccc(OC(C)C)c1. The van der Waals surface area contributed by atoms with Crippen molar-refractivity contribution in [1.29, 1.82) is 0 Å². The number of guanidine groups is 1. The van der Waals surface area contributed by atoms with Crippen LogP contribution in [0.4, 0.5) is 0 Å². The van der Waals surface area contributed by atoms with E-state index in [0.29, 0.717) is 25.6 Å². The maximum absolute atomic E-state index is 10.6.